The van der Waals surface area contributed by atoms with Crippen molar-refractivity contribution in [1.82, 2.24) is 0 Å². The molecule has 0 aliphatic carbocycles. The minimum absolute atomic E-state index is 0.0590. The number of carbonyl (C=O) groups excluding carboxylic acids is 1. The van der Waals surface area contributed by atoms with Gasteiger partial charge in [0.05, 0.1) is 5.75 Å². The average molecular weight is 272 g/mol. The van der Waals surface area contributed by atoms with E-state index in [2.05, 4.69) is 0 Å². The summed E-state index contributed by atoms with van der Waals surface area (Å²) in [4.78, 5) is 21.9. The molecule has 0 amide bonds. The molecule has 98 valence electrons. The van der Waals surface area contributed by atoms with Crippen LogP contribution in [0.15, 0.2) is 24.3 Å². The molecule has 0 radical (unpaired) electrons. The fourth-order valence-corrected chi connectivity index (χ4v) is 2.39. The van der Waals surface area contributed by atoms with Gasteiger partial charge < -0.3 is 5.11 Å². The molecular weight excluding hydrogens is 259 g/mol. The molecule has 0 aliphatic rings. The zero-order valence-electron chi connectivity index (χ0n) is 9.60. The zero-order valence-corrected chi connectivity index (χ0v) is 10.4. The summed E-state index contributed by atoms with van der Waals surface area (Å²) in [7, 11) is -1.38. The largest absolute Gasteiger partial charge is 0.481 e. The maximum atomic E-state index is 12.6. The quantitative estimate of drug-likeness (QED) is 0.766. The number of carboxylic acids is 1. The zero-order chi connectivity index (χ0) is 13.5. The highest BCUT2D eigenvalue weighted by atomic mass is 32.2. The third-order valence-electron chi connectivity index (χ3n) is 2.22. The molecule has 6 heteroatoms. The molecule has 1 rings (SSSR count). The summed E-state index contributed by atoms with van der Waals surface area (Å²) in [6.07, 6.45) is 0.217. The van der Waals surface area contributed by atoms with Crippen molar-refractivity contribution >= 4 is 22.6 Å². The van der Waals surface area contributed by atoms with Gasteiger partial charge in [-0.05, 0) is 30.7 Å². The van der Waals surface area contributed by atoms with Gasteiger partial charge in [0, 0.05) is 28.5 Å². The van der Waals surface area contributed by atoms with Gasteiger partial charge in [-0.3, -0.25) is 13.8 Å². The monoisotopic (exact) mass is 272 g/mol. The Morgan fingerprint density at radius 2 is 1.83 bits per heavy atom. The molecule has 0 aliphatic heterocycles. The highest BCUT2D eigenvalue weighted by molar-refractivity contribution is 7.85. The van der Waals surface area contributed by atoms with E-state index in [-0.39, 0.29) is 30.1 Å². The minimum Gasteiger partial charge on any atom is -0.481 e. The first-order valence-corrected chi connectivity index (χ1v) is 6.83. The summed E-state index contributed by atoms with van der Waals surface area (Å²) in [5.74, 6) is -1.69. The smallest absolute Gasteiger partial charge is 0.303 e. The standard InChI is InChI=1S/C12H13FO4S/c13-10-5-3-9(4-6-10)11(14)8-18(17)7-1-2-12(15)16/h3-6H,1-2,7-8H2,(H,15,16). The van der Waals surface area contributed by atoms with Gasteiger partial charge in [0.2, 0.25) is 0 Å². The highest BCUT2D eigenvalue weighted by Crippen LogP contribution is 2.05. The second-order valence-corrected chi connectivity index (χ2v) is 5.29. The van der Waals surface area contributed by atoms with Crippen molar-refractivity contribution in [2.45, 2.75) is 12.8 Å². The lowest BCUT2D eigenvalue weighted by molar-refractivity contribution is -0.137. The van der Waals surface area contributed by atoms with Gasteiger partial charge in [0.1, 0.15) is 5.82 Å². The normalized spacial score (nSPS) is 12.1. The van der Waals surface area contributed by atoms with Crippen LogP contribution >= 0.6 is 0 Å². The minimum atomic E-state index is -1.38. The van der Waals surface area contributed by atoms with Gasteiger partial charge in [0.25, 0.3) is 0 Å². The van der Waals surface area contributed by atoms with Crippen LogP contribution in [0.25, 0.3) is 0 Å². The predicted molar refractivity (Wildman–Crippen MR) is 65.5 cm³/mol. The van der Waals surface area contributed by atoms with Crippen LogP contribution in [0.2, 0.25) is 0 Å². The van der Waals surface area contributed by atoms with Crippen molar-refractivity contribution in [3.63, 3.8) is 0 Å². The summed E-state index contributed by atoms with van der Waals surface area (Å²) in [5, 5.41) is 8.41. The topological polar surface area (TPSA) is 71.4 Å². The number of aliphatic carboxylic acids is 1. The van der Waals surface area contributed by atoms with Crippen LogP contribution in [-0.2, 0) is 15.6 Å². The molecule has 0 spiro atoms. The molecule has 18 heavy (non-hydrogen) atoms. The van der Waals surface area contributed by atoms with Gasteiger partial charge in [0.15, 0.2) is 5.78 Å². The molecule has 1 atom stereocenters. The van der Waals surface area contributed by atoms with E-state index in [0.29, 0.717) is 5.56 Å². The van der Waals surface area contributed by atoms with Crippen molar-refractivity contribution in [2.75, 3.05) is 11.5 Å². The molecule has 1 aromatic carbocycles. The Labute approximate surface area is 106 Å². The molecule has 0 heterocycles. The first-order valence-electron chi connectivity index (χ1n) is 5.34. The Kier molecular flexibility index (Phi) is 5.64. The number of Topliss-reactive ketones (excluding diaryl/α,β-unsaturated/α-hetero) is 1. The van der Waals surface area contributed by atoms with E-state index in [0.717, 1.165) is 0 Å². The van der Waals surface area contributed by atoms with Crippen LogP contribution in [0, 0.1) is 5.82 Å². The van der Waals surface area contributed by atoms with E-state index in [9.17, 15) is 18.2 Å². The first-order chi connectivity index (χ1) is 8.49. The fraction of sp³-hybridized carbons (Fsp3) is 0.333. The van der Waals surface area contributed by atoms with Gasteiger partial charge in [-0.15, -0.1) is 0 Å². The SMILES string of the molecule is O=C(O)CCCS(=O)CC(=O)c1ccc(F)cc1. The molecule has 1 aromatic rings. The molecular formula is C12H13FO4S. The predicted octanol–water partition coefficient (Wildman–Crippen LogP) is 1.62. The lowest BCUT2D eigenvalue weighted by Crippen LogP contribution is -2.14. The fourth-order valence-electron chi connectivity index (χ4n) is 1.32. The van der Waals surface area contributed by atoms with Crippen LogP contribution in [0.4, 0.5) is 4.39 Å². The summed E-state index contributed by atoms with van der Waals surface area (Å²) in [6, 6.07) is 5.01. The molecule has 0 saturated heterocycles. The Morgan fingerprint density at radius 3 is 2.39 bits per heavy atom. The van der Waals surface area contributed by atoms with E-state index in [1.165, 1.54) is 24.3 Å². The Balaban J connectivity index is 2.42. The van der Waals surface area contributed by atoms with E-state index in [4.69, 9.17) is 5.11 Å². The van der Waals surface area contributed by atoms with Crippen LogP contribution in [-0.4, -0.2) is 32.6 Å². The Bertz CT molecular complexity index is 456. The van der Waals surface area contributed by atoms with Crippen molar-refractivity contribution in [3.8, 4) is 0 Å². The first kappa shape index (κ1) is 14.5. The molecule has 0 fully saturated rings. The van der Waals surface area contributed by atoms with Crippen LogP contribution in [0.5, 0.6) is 0 Å². The highest BCUT2D eigenvalue weighted by Gasteiger charge is 2.11. The number of rotatable bonds is 7. The Morgan fingerprint density at radius 1 is 1.22 bits per heavy atom. The van der Waals surface area contributed by atoms with Crippen LogP contribution < -0.4 is 0 Å². The lowest BCUT2D eigenvalue weighted by atomic mass is 10.1. The number of carbonyl (C=O) groups is 2. The summed E-state index contributed by atoms with van der Waals surface area (Å²) in [6.45, 7) is 0. The second kappa shape index (κ2) is 7.00. The van der Waals surface area contributed by atoms with Crippen LogP contribution in [0.1, 0.15) is 23.2 Å². The number of halogens is 1. The summed E-state index contributed by atoms with van der Waals surface area (Å²) < 4.78 is 24.1. The van der Waals surface area contributed by atoms with Crippen LogP contribution in [0.3, 0.4) is 0 Å². The molecule has 0 aromatic heterocycles. The van der Waals surface area contributed by atoms with Crippen molar-refractivity contribution in [1.29, 1.82) is 0 Å². The molecule has 1 unspecified atom stereocenters. The van der Waals surface area contributed by atoms with Crippen molar-refractivity contribution in [3.05, 3.63) is 35.6 Å². The lowest BCUT2D eigenvalue weighted by Gasteiger charge is -2.01. The summed E-state index contributed by atoms with van der Waals surface area (Å²) >= 11 is 0. The van der Waals surface area contributed by atoms with E-state index < -0.39 is 22.6 Å². The number of benzene rings is 1. The van der Waals surface area contributed by atoms with Crippen molar-refractivity contribution < 1.29 is 23.3 Å². The molecule has 4 nitrogen and oxygen atoms in total. The van der Waals surface area contributed by atoms with Gasteiger partial charge >= 0.3 is 5.97 Å². The van der Waals surface area contributed by atoms with E-state index >= 15 is 0 Å². The number of hydrogen-bond donors (Lipinski definition) is 1. The number of ketones is 1. The number of hydrogen-bond acceptors (Lipinski definition) is 3. The molecule has 1 N–H and O–H groups in total. The summed E-state index contributed by atoms with van der Waals surface area (Å²) in [5.41, 5.74) is 0.308. The average Bonchev–Trinajstić information content (AvgIpc) is 2.29. The number of carboxylic acid groups (broad SMARTS) is 1. The maximum Gasteiger partial charge on any atom is 0.303 e. The molecule has 0 bridgehead atoms. The third-order valence-corrected chi connectivity index (χ3v) is 3.55. The Hall–Kier alpha value is -1.56. The maximum absolute atomic E-state index is 12.6. The molecule has 0 saturated carbocycles. The van der Waals surface area contributed by atoms with E-state index in [1.807, 2.05) is 0 Å². The van der Waals surface area contributed by atoms with Gasteiger partial charge in [-0.25, -0.2) is 4.39 Å². The van der Waals surface area contributed by atoms with Gasteiger partial charge in [-0.2, -0.15) is 0 Å². The van der Waals surface area contributed by atoms with Crippen molar-refractivity contribution in [2.24, 2.45) is 0 Å². The second-order valence-electron chi connectivity index (χ2n) is 3.72. The van der Waals surface area contributed by atoms with Gasteiger partial charge in [-0.1, -0.05) is 0 Å². The third kappa shape index (κ3) is 5.18. The van der Waals surface area contributed by atoms with E-state index in [1.54, 1.807) is 0 Å².